The van der Waals surface area contributed by atoms with Gasteiger partial charge in [-0.2, -0.15) is 0 Å². The molecule has 0 aliphatic heterocycles. The van der Waals surface area contributed by atoms with Crippen LogP contribution in [0.15, 0.2) is 0 Å². The smallest absolute Gasteiger partial charge is 0.0371 e. The summed E-state index contributed by atoms with van der Waals surface area (Å²) >= 11 is 0. The fourth-order valence-electron chi connectivity index (χ4n) is 1.71. The minimum absolute atomic E-state index is 0.856. The molecule has 0 heteroatoms. The molecule has 0 heterocycles. The summed E-state index contributed by atoms with van der Waals surface area (Å²) in [7, 11) is 0. The van der Waals surface area contributed by atoms with Crippen LogP contribution >= 0.6 is 0 Å². The molecule has 0 aromatic rings. The van der Waals surface area contributed by atoms with E-state index in [0.29, 0.717) is 0 Å². The van der Waals surface area contributed by atoms with Crippen molar-refractivity contribution in [3.05, 3.63) is 0 Å². The highest BCUT2D eigenvalue weighted by molar-refractivity contribution is 4.63. The number of rotatable bonds is 3. The van der Waals surface area contributed by atoms with Gasteiger partial charge in [-0.3, -0.25) is 0 Å². The van der Waals surface area contributed by atoms with Crippen molar-refractivity contribution in [2.45, 2.75) is 54.9 Å². The van der Waals surface area contributed by atoms with Crippen LogP contribution in [0.5, 0.6) is 0 Å². The van der Waals surface area contributed by atoms with Gasteiger partial charge in [-0.15, -0.1) is 0 Å². The van der Waals surface area contributed by atoms with Gasteiger partial charge >= 0.3 is 0 Å². The Bertz CT molecular complexity index is 54.4. The van der Waals surface area contributed by atoms with E-state index in [1.807, 2.05) is 13.8 Å². The molecule has 0 fully saturated rings. The van der Waals surface area contributed by atoms with Gasteiger partial charge in [0.2, 0.25) is 0 Å². The Labute approximate surface area is 73.4 Å². The predicted molar refractivity (Wildman–Crippen MR) is 54.8 cm³/mol. The highest BCUT2D eigenvalue weighted by Gasteiger charge is 2.13. The molecule has 0 saturated heterocycles. The van der Waals surface area contributed by atoms with E-state index in [-0.39, 0.29) is 0 Å². The third-order valence-corrected chi connectivity index (χ3v) is 2.18. The Kier molecular flexibility index (Phi) is 10.0. The lowest BCUT2D eigenvalue weighted by Crippen LogP contribution is -2.13. The molecule has 0 unspecified atom stereocenters. The highest BCUT2D eigenvalue weighted by Crippen LogP contribution is 2.22. The van der Waals surface area contributed by atoms with Crippen LogP contribution in [0, 0.1) is 17.8 Å². The van der Waals surface area contributed by atoms with Crippen LogP contribution in [-0.4, -0.2) is 0 Å². The van der Waals surface area contributed by atoms with Gasteiger partial charge in [0.05, 0.1) is 0 Å². The average Bonchev–Trinajstić information content (AvgIpc) is 1.91. The lowest BCUT2D eigenvalue weighted by molar-refractivity contribution is 0.279. The average molecular weight is 158 g/mol. The van der Waals surface area contributed by atoms with Crippen LogP contribution < -0.4 is 0 Å². The summed E-state index contributed by atoms with van der Waals surface area (Å²) in [5, 5.41) is 0. The Hall–Kier alpha value is 0. The van der Waals surface area contributed by atoms with E-state index in [2.05, 4.69) is 34.6 Å². The van der Waals surface area contributed by atoms with E-state index in [0.717, 1.165) is 17.8 Å². The second-order valence-corrected chi connectivity index (χ2v) is 3.56. The number of hydrogen-bond acceptors (Lipinski definition) is 0. The first kappa shape index (κ1) is 13.6. The Morgan fingerprint density at radius 2 is 1.09 bits per heavy atom. The summed E-state index contributed by atoms with van der Waals surface area (Å²) in [6.07, 6.45) is 1.33. The van der Waals surface area contributed by atoms with Crippen molar-refractivity contribution in [2.24, 2.45) is 17.8 Å². The SMILES string of the molecule is CC.CCC(C(C)C)C(C)C. The molecule has 0 amide bonds. The van der Waals surface area contributed by atoms with Crippen molar-refractivity contribution in [3.8, 4) is 0 Å². The lowest BCUT2D eigenvalue weighted by atomic mass is 9.84. The Morgan fingerprint density at radius 1 is 0.818 bits per heavy atom. The maximum Gasteiger partial charge on any atom is -0.0371 e. The Balaban J connectivity index is 0. The van der Waals surface area contributed by atoms with Gasteiger partial charge in [-0.25, -0.2) is 0 Å². The molecule has 0 nitrogen and oxygen atoms in total. The fraction of sp³-hybridized carbons (Fsp3) is 1.00. The molecule has 0 aromatic carbocycles. The van der Waals surface area contributed by atoms with Crippen molar-refractivity contribution >= 4 is 0 Å². The van der Waals surface area contributed by atoms with E-state index in [4.69, 9.17) is 0 Å². The topological polar surface area (TPSA) is 0 Å². The molecule has 0 radical (unpaired) electrons. The van der Waals surface area contributed by atoms with Crippen LogP contribution in [-0.2, 0) is 0 Å². The molecule has 0 bridgehead atoms. The van der Waals surface area contributed by atoms with Crippen LogP contribution in [0.25, 0.3) is 0 Å². The zero-order valence-electron chi connectivity index (χ0n) is 9.44. The van der Waals surface area contributed by atoms with Crippen molar-refractivity contribution in [1.82, 2.24) is 0 Å². The Morgan fingerprint density at radius 3 is 1.09 bits per heavy atom. The van der Waals surface area contributed by atoms with E-state index >= 15 is 0 Å². The maximum atomic E-state index is 2.31. The molecule has 0 rings (SSSR count). The molecule has 0 aliphatic rings. The normalized spacial score (nSPS) is 10.4. The van der Waals surface area contributed by atoms with Crippen LogP contribution in [0.1, 0.15) is 54.9 Å². The molecule has 0 N–H and O–H groups in total. The molecule has 0 aromatic heterocycles. The van der Waals surface area contributed by atoms with Gasteiger partial charge in [0.15, 0.2) is 0 Å². The second-order valence-electron chi connectivity index (χ2n) is 3.56. The molecular weight excluding hydrogens is 132 g/mol. The van der Waals surface area contributed by atoms with Crippen molar-refractivity contribution in [2.75, 3.05) is 0 Å². The van der Waals surface area contributed by atoms with E-state index in [1.54, 1.807) is 0 Å². The van der Waals surface area contributed by atoms with Crippen molar-refractivity contribution < 1.29 is 0 Å². The summed E-state index contributed by atoms with van der Waals surface area (Å²) in [5.41, 5.74) is 0. The molecule has 0 aliphatic carbocycles. The van der Waals surface area contributed by atoms with Gasteiger partial charge in [0.25, 0.3) is 0 Å². The summed E-state index contributed by atoms with van der Waals surface area (Å²) in [4.78, 5) is 0. The molecule has 0 saturated carbocycles. The van der Waals surface area contributed by atoms with Gasteiger partial charge in [0.1, 0.15) is 0 Å². The first-order valence-corrected chi connectivity index (χ1v) is 5.09. The molecule has 0 spiro atoms. The van der Waals surface area contributed by atoms with Crippen LogP contribution in [0.4, 0.5) is 0 Å². The van der Waals surface area contributed by atoms with Crippen molar-refractivity contribution in [1.29, 1.82) is 0 Å². The number of hydrogen-bond donors (Lipinski definition) is 0. The molecule has 70 valence electrons. The minimum atomic E-state index is 0.856. The zero-order chi connectivity index (χ0) is 9.44. The van der Waals surface area contributed by atoms with Gasteiger partial charge < -0.3 is 0 Å². The first-order chi connectivity index (χ1) is 5.09. The van der Waals surface area contributed by atoms with E-state index in [1.165, 1.54) is 6.42 Å². The third kappa shape index (κ3) is 6.40. The third-order valence-electron chi connectivity index (χ3n) is 2.18. The van der Waals surface area contributed by atoms with E-state index in [9.17, 15) is 0 Å². The molecular formula is C11H26. The second kappa shape index (κ2) is 8.10. The summed E-state index contributed by atoms with van der Waals surface area (Å²) in [6, 6.07) is 0. The standard InChI is InChI=1S/C9H20.C2H6/c1-6-9(7(2)3)8(4)5;1-2/h7-9H,6H2,1-5H3;1-2H3. The van der Waals surface area contributed by atoms with Gasteiger partial charge in [-0.1, -0.05) is 54.9 Å². The quantitative estimate of drug-likeness (QED) is 0.573. The van der Waals surface area contributed by atoms with Crippen LogP contribution in [0.3, 0.4) is 0 Å². The zero-order valence-corrected chi connectivity index (χ0v) is 9.44. The minimum Gasteiger partial charge on any atom is -0.0683 e. The largest absolute Gasteiger partial charge is 0.0683 e. The monoisotopic (exact) mass is 158 g/mol. The van der Waals surface area contributed by atoms with Crippen molar-refractivity contribution in [3.63, 3.8) is 0 Å². The highest BCUT2D eigenvalue weighted by atomic mass is 14.2. The lowest BCUT2D eigenvalue weighted by Gasteiger charge is -2.22. The summed E-state index contributed by atoms with van der Waals surface area (Å²) in [6.45, 7) is 15.5. The molecule has 11 heavy (non-hydrogen) atoms. The summed E-state index contributed by atoms with van der Waals surface area (Å²) < 4.78 is 0. The maximum absolute atomic E-state index is 2.31. The van der Waals surface area contributed by atoms with Gasteiger partial charge in [0, 0.05) is 0 Å². The first-order valence-electron chi connectivity index (χ1n) is 5.09. The molecule has 0 atom stereocenters. The van der Waals surface area contributed by atoms with Gasteiger partial charge in [-0.05, 0) is 17.8 Å². The fourth-order valence-corrected chi connectivity index (χ4v) is 1.71. The van der Waals surface area contributed by atoms with Crippen LogP contribution in [0.2, 0.25) is 0 Å². The predicted octanol–water partition coefficient (Wildman–Crippen LogP) is 4.35. The summed E-state index contributed by atoms with van der Waals surface area (Å²) in [5.74, 6) is 2.63. The van der Waals surface area contributed by atoms with E-state index < -0.39 is 0 Å².